The molecule has 1 N–H and O–H groups in total. The number of halogens is 1. The number of rotatable bonds is 8. The van der Waals surface area contributed by atoms with E-state index in [2.05, 4.69) is 27.3 Å². The Balaban J connectivity index is 1.52. The quantitative estimate of drug-likeness (QED) is 0.491. The van der Waals surface area contributed by atoms with Gasteiger partial charge in [-0.25, -0.2) is 4.79 Å². The van der Waals surface area contributed by atoms with E-state index in [1.54, 1.807) is 0 Å². The Kier molecular flexibility index (Phi) is 8.04. The second-order valence-corrected chi connectivity index (χ2v) is 6.97. The largest absolute Gasteiger partial charge is 0.445 e. The number of thioether (sulfide) groups is 1. The van der Waals surface area contributed by atoms with Gasteiger partial charge in [-0.2, -0.15) is 0 Å². The van der Waals surface area contributed by atoms with Crippen molar-refractivity contribution >= 4 is 33.8 Å². The fraction of sp³-hybridized carbons (Fsp3) is 0.278. The molecule has 2 aromatic rings. The van der Waals surface area contributed by atoms with Crippen LogP contribution in [-0.4, -0.2) is 18.4 Å². The maximum Gasteiger partial charge on any atom is 0.407 e. The average molecular weight is 394 g/mol. The van der Waals surface area contributed by atoms with Crippen molar-refractivity contribution in [3.05, 3.63) is 64.6 Å². The number of ether oxygens (including phenoxy) is 1. The number of nitrogens with one attached hydrogen (secondary N) is 1. The highest BCUT2D eigenvalue weighted by molar-refractivity contribution is 9.10. The number of hydrogen-bond acceptors (Lipinski definition) is 3. The molecule has 0 bridgehead atoms. The van der Waals surface area contributed by atoms with Gasteiger partial charge in [0.15, 0.2) is 0 Å². The summed E-state index contributed by atoms with van der Waals surface area (Å²) in [6, 6.07) is 17.9. The summed E-state index contributed by atoms with van der Waals surface area (Å²) < 4.78 is 6.29. The molecule has 2 aromatic carbocycles. The Hall–Kier alpha value is -1.46. The summed E-state index contributed by atoms with van der Waals surface area (Å²) >= 11 is 5.36. The third-order valence-electron chi connectivity index (χ3n) is 3.15. The van der Waals surface area contributed by atoms with Crippen LogP contribution in [0.3, 0.4) is 0 Å². The number of benzene rings is 2. The van der Waals surface area contributed by atoms with Crippen molar-refractivity contribution in [3.8, 4) is 0 Å². The minimum Gasteiger partial charge on any atom is -0.445 e. The van der Waals surface area contributed by atoms with Crippen LogP contribution in [0.4, 0.5) is 4.79 Å². The predicted molar refractivity (Wildman–Crippen MR) is 98.7 cm³/mol. The number of carbonyl (C=O) groups excluding carboxylic acids is 1. The molecule has 0 unspecified atom stereocenters. The first-order valence-corrected chi connectivity index (χ1v) is 9.35. The first-order valence-electron chi connectivity index (χ1n) is 7.57. The lowest BCUT2D eigenvalue weighted by Gasteiger charge is -2.07. The van der Waals surface area contributed by atoms with Gasteiger partial charge in [-0.15, -0.1) is 11.8 Å². The van der Waals surface area contributed by atoms with Crippen LogP contribution in [0.5, 0.6) is 0 Å². The number of unbranched alkanes of at least 4 members (excludes halogenated alkanes) is 1. The topological polar surface area (TPSA) is 38.3 Å². The van der Waals surface area contributed by atoms with E-state index in [4.69, 9.17) is 4.74 Å². The Morgan fingerprint density at radius 1 is 1.04 bits per heavy atom. The zero-order valence-corrected chi connectivity index (χ0v) is 15.2. The minimum atomic E-state index is -0.354. The van der Waals surface area contributed by atoms with Crippen molar-refractivity contribution in [2.24, 2.45) is 0 Å². The van der Waals surface area contributed by atoms with Gasteiger partial charge in [0.05, 0.1) is 0 Å². The molecule has 0 aliphatic rings. The van der Waals surface area contributed by atoms with Crippen LogP contribution in [0.1, 0.15) is 18.4 Å². The van der Waals surface area contributed by atoms with Crippen molar-refractivity contribution < 1.29 is 9.53 Å². The summed E-state index contributed by atoms with van der Waals surface area (Å²) in [5, 5.41) is 2.78. The van der Waals surface area contributed by atoms with Gasteiger partial charge < -0.3 is 10.1 Å². The van der Waals surface area contributed by atoms with Crippen molar-refractivity contribution in [1.29, 1.82) is 0 Å². The van der Waals surface area contributed by atoms with E-state index < -0.39 is 0 Å². The van der Waals surface area contributed by atoms with Gasteiger partial charge in [-0.3, -0.25) is 0 Å². The fourth-order valence-electron chi connectivity index (χ4n) is 1.94. The molecule has 1 amide bonds. The van der Waals surface area contributed by atoms with E-state index in [1.807, 2.05) is 60.3 Å². The Labute approximate surface area is 149 Å². The van der Waals surface area contributed by atoms with Crippen LogP contribution < -0.4 is 5.32 Å². The predicted octanol–water partition coefficient (Wildman–Crippen LogP) is 5.25. The normalized spacial score (nSPS) is 10.3. The summed E-state index contributed by atoms with van der Waals surface area (Å²) in [5.41, 5.74) is 0.993. The smallest absolute Gasteiger partial charge is 0.407 e. The van der Waals surface area contributed by atoms with Gasteiger partial charge in [-0.05, 0) is 52.2 Å². The molecule has 0 aromatic heterocycles. The van der Waals surface area contributed by atoms with Gasteiger partial charge in [0.1, 0.15) is 6.61 Å². The molecule has 5 heteroatoms. The van der Waals surface area contributed by atoms with Gasteiger partial charge in [0.25, 0.3) is 0 Å². The first-order chi connectivity index (χ1) is 11.3. The lowest BCUT2D eigenvalue weighted by Crippen LogP contribution is -2.25. The Morgan fingerprint density at radius 2 is 1.78 bits per heavy atom. The molecule has 0 aliphatic carbocycles. The maximum atomic E-state index is 11.6. The summed E-state index contributed by atoms with van der Waals surface area (Å²) in [5.74, 6) is 1.03. The third kappa shape index (κ3) is 7.10. The van der Waals surface area contributed by atoms with Gasteiger partial charge in [0.2, 0.25) is 0 Å². The minimum absolute atomic E-state index is 0.310. The Bertz CT molecular complexity index is 607. The molecule has 23 heavy (non-hydrogen) atoms. The highest BCUT2D eigenvalue weighted by Crippen LogP contribution is 2.27. The fourth-order valence-corrected chi connectivity index (χ4v) is 3.51. The van der Waals surface area contributed by atoms with Crippen molar-refractivity contribution in [2.45, 2.75) is 24.3 Å². The molecular formula is C18H20BrNO2S. The van der Waals surface area contributed by atoms with E-state index in [1.165, 1.54) is 4.90 Å². The van der Waals surface area contributed by atoms with Crippen molar-refractivity contribution in [3.63, 3.8) is 0 Å². The van der Waals surface area contributed by atoms with Crippen molar-refractivity contribution in [1.82, 2.24) is 5.32 Å². The summed E-state index contributed by atoms with van der Waals surface area (Å²) in [6.45, 7) is 0.953. The number of hydrogen-bond donors (Lipinski definition) is 1. The molecule has 2 rings (SSSR count). The molecule has 0 fully saturated rings. The van der Waals surface area contributed by atoms with Gasteiger partial charge in [0, 0.05) is 15.9 Å². The van der Waals surface area contributed by atoms with Crippen LogP contribution in [0.2, 0.25) is 0 Å². The van der Waals surface area contributed by atoms with Gasteiger partial charge >= 0.3 is 6.09 Å². The van der Waals surface area contributed by atoms with Crippen LogP contribution in [0.25, 0.3) is 0 Å². The highest BCUT2D eigenvalue weighted by atomic mass is 79.9. The summed E-state index contributed by atoms with van der Waals surface area (Å²) in [6.07, 6.45) is 1.63. The van der Waals surface area contributed by atoms with E-state index in [0.717, 1.165) is 28.6 Å². The molecule has 0 saturated heterocycles. The third-order valence-corrected chi connectivity index (χ3v) is 5.26. The zero-order chi connectivity index (χ0) is 16.3. The summed E-state index contributed by atoms with van der Waals surface area (Å²) in [4.78, 5) is 12.8. The van der Waals surface area contributed by atoms with Crippen LogP contribution in [-0.2, 0) is 11.3 Å². The van der Waals surface area contributed by atoms with E-state index >= 15 is 0 Å². The Morgan fingerprint density at radius 3 is 2.57 bits per heavy atom. The SMILES string of the molecule is O=C(NCCCCSc1ccccc1Br)OCc1ccccc1. The van der Waals surface area contributed by atoms with Crippen molar-refractivity contribution in [2.75, 3.05) is 12.3 Å². The van der Waals surface area contributed by atoms with Crippen LogP contribution in [0.15, 0.2) is 64.0 Å². The van der Waals surface area contributed by atoms with E-state index in [9.17, 15) is 4.79 Å². The standard InChI is InChI=1S/C18H20BrNO2S/c19-16-10-4-5-11-17(16)23-13-7-6-12-20-18(21)22-14-15-8-2-1-3-9-15/h1-5,8-11H,6-7,12-14H2,(H,20,21). The van der Waals surface area contributed by atoms with Crippen LogP contribution in [0, 0.1) is 0 Å². The molecule has 0 heterocycles. The molecule has 122 valence electrons. The van der Waals surface area contributed by atoms with Crippen LogP contribution >= 0.6 is 27.7 Å². The first kappa shape index (κ1) is 17.9. The zero-order valence-electron chi connectivity index (χ0n) is 12.8. The molecule has 0 saturated carbocycles. The molecular weight excluding hydrogens is 374 g/mol. The van der Waals surface area contributed by atoms with E-state index in [0.29, 0.717) is 13.2 Å². The molecule has 3 nitrogen and oxygen atoms in total. The van der Waals surface area contributed by atoms with E-state index in [-0.39, 0.29) is 6.09 Å². The lowest BCUT2D eigenvalue weighted by molar-refractivity contribution is 0.139. The van der Waals surface area contributed by atoms with Gasteiger partial charge in [-0.1, -0.05) is 42.5 Å². The monoisotopic (exact) mass is 393 g/mol. The second-order valence-electron chi connectivity index (χ2n) is 4.97. The number of carbonyl (C=O) groups is 1. The lowest BCUT2D eigenvalue weighted by atomic mass is 10.2. The molecule has 0 aliphatic heterocycles. The number of amides is 1. The molecule has 0 spiro atoms. The second kappa shape index (κ2) is 10.3. The average Bonchev–Trinajstić information content (AvgIpc) is 2.58. The molecule has 0 radical (unpaired) electrons. The summed E-state index contributed by atoms with van der Waals surface area (Å²) in [7, 11) is 0. The highest BCUT2D eigenvalue weighted by Gasteiger charge is 2.02. The maximum absolute atomic E-state index is 11.6. The molecule has 0 atom stereocenters. The number of alkyl carbamates (subject to hydrolysis) is 1.